The third-order valence-corrected chi connectivity index (χ3v) is 12.1. The first kappa shape index (κ1) is 33.3. The van der Waals surface area contributed by atoms with E-state index in [0.717, 1.165) is 39.7 Å². The maximum absolute atomic E-state index is 4.71. The molecule has 0 N–H and O–H groups in total. The smallest absolute Gasteiger partial charge is 0.253 e. The highest BCUT2D eigenvalue weighted by molar-refractivity contribution is 7.02. The second-order valence-corrected chi connectivity index (χ2v) is 15.3. The van der Waals surface area contributed by atoms with Gasteiger partial charge < -0.3 is 9.80 Å². The van der Waals surface area contributed by atoms with Crippen molar-refractivity contribution in [3.05, 3.63) is 207 Å². The second-order valence-electron chi connectivity index (χ2n) is 15.3. The van der Waals surface area contributed by atoms with Crippen LogP contribution in [0.2, 0.25) is 0 Å². The molecule has 59 heavy (non-hydrogen) atoms. The van der Waals surface area contributed by atoms with Crippen LogP contribution in [0.15, 0.2) is 207 Å². The zero-order chi connectivity index (χ0) is 38.9. The predicted octanol–water partition coefficient (Wildman–Crippen LogP) is 11.3. The van der Waals surface area contributed by atoms with E-state index in [9.17, 15) is 0 Å². The van der Waals surface area contributed by atoms with Gasteiger partial charge in [-0.05, 0) is 109 Å². The molecule has 2 aliphatic rings. The number of aromatic nitrogens is 3. The summed E-state index contributed by atoms with van der Waals surface area (Å²) >= 11 is 0. The summed E-state index contributed by atoms with van der Waals surface area (Å²) in [4.78, 5) is 18.5. The van der Waals surface area contributed by atoms with Gasteiger partial charge in [-0.1, -0.05) is 146 Å². The number of hydrogen-bond acceptors (Lipinski definition) is 5. The molecule has 0 amide bonds. The fourth-order valence-electron chi connectivity index (χ4n) is 9.49. The average Bonchev–Trinajstić information content (AvgIpc) is 3.32. The Balaban J connectivity index is 1.19. The maximum Gasteiger partial charge on any atom is 0.253 e. The van der Waals surface area contributed by atoms with Crippen LogP contribution in [-0.2, 0) is 0 Å². The van der Waals surface area contributed by atoms with E-state index in [-0.39, 0.29) is 6.71 Å². The molecule has 10 aromatic rings. The van der Waals surface area contributed by atoms with E-state index >= 15 is 0 Å². The maximum atomic E-state index is 4.71. The lowest BCUT2D eigenvalue weighted by Crippen LogP contribution is -2.61. The molecule has 5 nitrogen and oxygen atoms in total. The number of benzene rings is 9. The van der Waals surface area contributed by atoms with Crippen molar-refractivity contribution in [2.24, 2.45) is 0 Å². The van der Waals surface area contributed by atoms with Crippen LogP contribution in [0, 0.1) is 0 Å². The molecule has 3 heterocycles. The highest BCUT2D eigenvalue weighted by Crippen LogP contribution is 2.47. The number of anilines is 6. The van der Waals surface area contributed by atoms with Gasteiger partial charge in [-0.2, -0.15) is 0 Å². The highest BCUT2D eigenvalue weighted by Gasteiger charge is 2.45. The molecule has 0 aliphatic carbocycles. The van der Waals surface area contributed by atoms with E-state index < -0.39 is 0 Å². The molecule has 1 aromatic heterocycles. The van der Waals surface area contributed by atoms with E-state index in [1.807, 2.05) is 0 Å². The van der Waals surface area contributed by atoms with Gasteiger partial charge in [-0.15, -0.1) is 0 Å². The Kier molecular flexibility index (Phi) is 7.57. The topological polar surface area (TPSA) is 45.2 Å². The zero-order valence-electron chi connectivity index (χ0n) is 31.9. The minimum Gasteiger partial charge on any atom is -0.311 e. The summed E-state index contributed by atoms with van der Waals surface area (Å²) in [6.45, 7) is -0.0747. The SMILES string of the molecule is c1ccc(-c2ccc(N3c4cc(-c5ncncn5)cc5c4B(c4c3ccc3ccccc43)c3c(ccc4ccccc34)N5c3ccc(-c4ccccc4)cc3)cc2)cc1. The fourth-order valence-corrected chi connectivity index (χ4v) is 9.49. The molecular formula is C53H34BN5. The van der Waals surface area contributed by atoms with Gasteiger partial charge in [0.25, 0.3) is 6.71 Å². The number of nitrogens with zero attached hydrogens (tertiary/aromatic N) is 5. The number of rotatable bonds is 5. The Morgan fingerprint density at radius 3 is 1.24 bits per heavy atom. The molecular weight excluding hydrogens is 717 g/mol. The number of hydrogen-bond donors (Lipinski definition) is 0. The van der Waals surface area contributed by atoms with E-state index in [4.69, 9.17) is 9.97 Å². The van der Waals surface area contributed by atoms with Crippen LogP contribution in [0.1, 0.15) is 0 Å². The van der Waals surface area contributed by atoms with Crippen LogP contribution >= 0.6 is 0 Å². The lowest BCUT2D eigenvalue weighted by molar-refractivity contribution is 1.05. The molecule has 6 heteroatoms. The number of fused-ring (bicyclic) bond motifs is 8. The Morgan fingerprint density at radius 1 is 0.339 bits per heavy atom. The fraction of sp³-hybridized carbons (Fsp3) is 0. The summed E-state index contributed by atoms with van der Waals surface area (Å²) in [5.41, 5.74) is 16.2. The predicted molar refractivity (Wildman–Crippen MR) is 245 cm³/mol. The minimum absolute atomic E-state index is 0.0747. The second kappa shape index (κ2) is 13.4. The van der Waals surface area contributed by atoms with Gasteiger partial charge in [0.1, 0.15) is 12.7 Å². The first-order valence-corrected chi connectivity index (χ1v) is 20.0. The summed E-state index contributed by atoms with van der Waals surface area (Å²) in [6, 6.07) is 70.6. The molecule has 0 atom stereocenters. The van der Waals surface area contributed by atoms with Crippen LogP contribution in [0.3, 0.4) is 0 Å². The molecule has 0 bridgehead atoms. The highest BCUT2D eigenvalue weighted by atomic mass is 15.2. The molecule has 9 aromatic carbocycles. The Hall–Kier alpha value is -7.83. The van der Waals surface area contributed by atoms with Gasteiger partial charge in [0.15, 0.2) is 5.82 Å². The lowest BCUT2D eigenvalue weighted by Gasteiger charge is -2.45. The Morgan fingerprint density at radius 2 is 0.763 bits per heavy atom. The van der Waals surface area contributed by atoms with Gasteiger partial charge in [-0.25, -0.2) is 15.0 Å². The monoisotopic (exact) mass is 751 g/mol. The first-order chi connectivity index (χ1) is 29.3. The van der Waals surface area contributed by atoms with Crippen molar-refractivity contribution in [1.29, 1.82) is 0 Å². The Bertz CT molecular complexity index is 3010. The first-order valence-electron chi connectivity index (χ1n) is 20.0. The summed E-state index contributed by atoms with van der Waals surface area (Å²) in [7, 11) is 0. The molecule has 0 spiro atoms. The average molecular weight is 752 g/mol. The van der Waals surface area contributed by atoms with Gasteiger partial charge >= 0.3 is 0 Å². The normalized spacial score (nSPS) is 12.6. The van der Waals surface area contributed by atoms with Gasteiger partial charge in [-0.3, -0.25) is 0 Å². The zero-order valence-corrected chi connectivity index (χ0v) is 31.9. The van der Waals surface area contributed by atoms with Crippen LogP contribution < -0.4 is 26.2 Å². The van der Waals surface area contributed by atoms with Crippen molar-refractivity contribution < 1.29 is 0 Å². The molecule has 0 unspecified atom stereocenters. The largest absolute Gasteiger partial charge is 0.311 e. The third-order valence-electron chi connectivity index (χ3n) is 12.1. The van der Waals surface area contributed by atoms with Crippen molar-refractivity contribution in [2.75, 3.05) is 9.80 Å². The van der Waals surface area contributed by atoms with Crippen molar-refractivity contribution in [2.45, 2.75) is 0 Å². The van der Waals surface area contributed by atoms with Crippen molar-refractivity contribution in [3.63, 3.8) is 0 Å². The van der Waals surface area contributed by atoms with Gasteiger partial charge in [0.2, 0.25) is 0 Å². The lowest BCUT2D eigenvalue weighted by atomic mass is 9.32. The molecule has 2 aliphatic heterocycles. The molecule has 0 fully saturated rings. The van der Waals surface area contributed by atoms with Crippen LogP contribution in [0.25, 0.3) is 55.2 Å². The summed E-state index contributed by atoms with van der Waals surface area (Å²) in [6.07, 6.45) is 3.16. The van der Waals surface area contributed by atoms with E-state index in [1.165, 1.54) is 60.2 Å². The quantitative estimate of drug-likeness (QED) is 0.164. The summed E-state index contributed by atoms with van der Waals surface area (Å²) < 4.78 is 0. The van der Waals surface area contributed by atoms with Gasteiger partial charge in [0, 0.05) is 39.7 Å². The van der Waals surface area contributed by atoms with Crippen LogP contribution in [0.4, 0.5) is 34.1 Å². The molecule has 0 saturated carbocycles. The van der Waals surface area contributed by atoms with Crippen LogP contribution in [-0.4, -0.2) is 21.7 Å². The molecule has 12 rings (SSSR count). The minimum atomic E-state index is -0.0747. The van der Waals surface area contributed by atoms with E-state index in [2.05, 4.69) is 209 Å². The van der Waals surface area contributed by atoms with Crippen molar-refractivity contribution in [1.82, 2.24) is 15.0 Å². The van der Waals surface area contributed by atoms with Crippen molar-refractivity contribution in [3.8, 4) is 33.6 Å². The summed E-state index contributed by atoms with van der Waals surface area (Å²) in [5.74, 6) is 0.628. The van der Waals surface area contributed by atoms with Crippen LogP contribution in [0.5, 0.6) is 0 Å². The molecule has 0 radical (unpaired) electrons. The Labute approximate surface area is 342 Å². The molecule has 274 valence electrons. The molecule has 0 saturated heterocycles. The van der Waals surface area contributed by atoms with Gasteiger partial charge in [0.05, 0.1) is 0 Å². The third kappa shape index (κ3) is 5.30. The standard InChI is InChI=1S/C53H34BN5/c1-3-11-35(12-4-1)37-19-25-42(26-20-37)58-46-29-23-39-15-7-9-17-44(39)50(46)54-51-45-18-10-8-16-40(45)24-30-47(51)59(43-27-21-38(22-28-43)36-13-5-2-6-14-36)49-32-41(31-48(58)52(49)54)53-56-33-55-34-57-53/h1-34H. The van der Waals surface area contributed by atoms with E-state index in [1.54, 1.807) is 12.7 Å². The van der Waals surface area contributed by atoms with Crippen molar-refractivity contribution >= 4 is 78.8 Å². The van der Waals surface area contributed by atoms with E-state index in [0.29, 0.717) is 5.82 Å². The summed E-state index contributed by atoms with van der Waals surface area (Å²) in [5, 5.41) is 4.94.